The van der Waals surface area contributed by atoms with Crippen molar-refractivity contribution in [2.45, 2.75) is 32.9 Å². The minimum absolute atomic E-state index is 0.0932. The fraction of sp³-hybridized carbons (Fsp3) is 0.562. The molecule has 1 aliphatic rings. The van der Waals surface area contributed by atoms with E-state index in [1.807, 2.05) is 19.9 Å². The van der Waals surface area contributed by atoms with Crippen LogP contribution in [0.3, 0.4) is 0 Å². The van der Waals surface area contributed by atoms with Crippen LogP contribution in [0.2, 0.25) is 5.02 Å². The maximum absolute atomic E-state index is 11.6. The fourth-order valence-electron chi connectivity index (χ4n) is 2.54. The lowest BCUT2D eigenvalue weighted by molar-refractivity contribution is 0.336. The summed E-state index contributed by atoms with van der Waals surface area (Å²) < 4.78 is 28.8. The monoisotopic (exact) mass is 373 g/mol. The van der Waals surface area contributed by atoms with Gasteiger partial charge in [0.25, 0.3) is 0 Å². The summed E-state index contributed by atoms with van der Waals surface area (Å²) in [5.41, 5.74) is 0.928. The summed E-state index contributed by atoms with van der Waals surface area (Å²) in [6.07, 6.45) is 0.609. The number of benzene rings is 1. The Kier molecular flexibility index (Phi) is 6.74. The van der Waals surface area contributed by atoms with Crippen LogP contribution in [0.4, 0.5) is 0 Å². The summed E-state index contributed by atoms with van der Waals surface area (Å²) in [7, 11) is -2.92. The van der Waals surface area contributed by atoms with E-state index in [0.29, 0.717) is 42.8 Å². The molecule has 0 aliphatic carbocycles. The van der Waals surface area contributed by atoms with Crippen LogP contribution in [0, 0.1) is 0 Å². The normalized spacial score (nSPS) is 20.0. The molecule has 1 aliphatic heterocycles. The Morgan fingerprint density at radius 3 is 2.83 bits per heavy atom. The predicted molar refractivity (Wildman–Crippen MR) is 97.6 cm³/mol. The van der Waals surface area contributed by atoms with E-state index in [1.165, 1.54) is 0 Å². The molecule has 0 spiro atoms. The zero-order chi connectivity index (χ0) is 17.6. The summed E-state index contributed by atoms with van der Waals surface area (Å²) in [4.78, 5) is 4.54. The maximum atomic E-state index is 11.6. The first-order valence-electron chi connectivity index (χ1n) is 8.10. The topological polar surface area (TPSA) is 79.8 Å². The second-order valence-corrected chi connectivity index (χ2v) is 8.29. The van der Waals surface area contributed by atoms with Gasteiger partial charge in [-0.3, -0.25) is 0 Å². The van der Waals surface area contributed by atoms with Gasteiger partial charge in [-0.05, 0) is 32.4 Å². The number of rotatable bonds is 6. The zero-order valence-electron chi connectivity index (χ0n) is 14.0. The van der Waals surface area contributed by atoms with Crippen molar-refractivity contribution >= 4 is 27.4 Å². The molecule has 1 aromatic rings. The van der Waals surface area contributed by atoms with Crippen molar-refractivity contribution in [1.29, 1.82) is 0 Å². The lowest BCUT2D eigenvalue weighted by atomic mass is 10.2. The third-order valence-corrected chi connectivity index (χ3v) is 5.66. The summed E-state index contributed by atoms with van der Waals surface area (Å²) in [6.45, 7) is 5.55. The van der Waals surface area contributed by atoms with Crippen LogP contribution < -0.4 is 15.4 Å². The van der Waals surface area contributed by atoms with Gasteiger partial charge in [0.2, 0.25) is 0 Å². The Bertz CT molecular complexity index is 692. The molecule has 1 saturated heterocycles. The van der Waals surface area contributed by atoms with E-state index in [4.69, 9.17) is 16.3 Å². The highest BCUT2D eigenvalue weighted by atomic mass is 35.5. The van der Waals surface area contributed by atoms with Crippen LogP contribution in [0.25, 0.3) is 0 Å². The Balaban J connectivity index is 2.08. The molecule has 134 valence electrons. The minimum Gasteiger partial charge on any atom is -0.493 e. The number of sulfone groups is 1. The lowest BCUT2D eigenvalue weighted by Gasteiger charge is -2.16. The largest absolute Gasteiger partial charge is 0.493 e. The number of nitrogens with one attached hydrogen (secondary N) is 2. The second kappa shape index (κ2) is 8.58. The Morgan fingerprint density at radius 1 is 1.42 bits per heavy atom. The van der Waals surface area contributed by atoms with Crippen molar-refractivity contribution in [2.75, 3.05) is 24.7 Å². The van der Waals surface area contributed by atoms with E-state index in [0.717, 1.165) is 5.56 Å². The highest BCUT2D eigenvalue weighted by Crippen LogP contribution is 2.24. The van der Waals surface area contributed by atoms with Gasteiger partial charge in [0, 0.05) is 23.2 Å². The van der Waals surface area contributed by atoms with Gasteiger partial charge in [0.15, 0.2) is 15.8 Å². The quantitative estimate of drug-likeness (QED) is 0.588. The van der Waals surface area contributed by atoms with E-state index in [1.54, 1.807) is 12.1 Å². The van der Waals surface area contributed by atoms with Gasteiger partial charge in [-0.15, -0.1) is 0 Å². The standard InChI is InChI=1S/C16H24ClN3O3S/c1-3-18-16(20-14-7-8-24(21,22)11-14)19-10-12-5-6-13(17)9-15(12)23-4-2/h5-6,9,14H,3-4,7-8,10-11H2,1-2H3,(H2,18,19,20). The van der Waals surface area contributed by atoms with Crippen molar-refractivity contribution < 1.29 is 13.2 Å². The molecule has 2 N–H and O–H groups in total. The van der Waals surface area contributed by atoms with Gasteiger partial charge >= 0.3 is 0 Å². The van der Waals surface area contributed by atoms with E-state index in [-0.39, 0.29) is 17.5 Å². The van der Waals surface area contributed by atoms with Crippen LogP contribution in [0.5, 0.6) is 5.75 Å². The van der Waals surface area contributed by atoms with Crippen molar-refractivity contribution in [3.63, 3.8) is 0 Å². The van der Waals surface area contributed by atoms with Gasteiger partial charge in [-0.1, -0.05) is 17.7 Å². The minimum atomic E-state index is -2.92. The van der Waals surface area contributed by atoms with Crippen LogP contribution in [-0.4, -0.2) is 45.1 Å². The molecule has 0 bridgehead atoms. The van der Waals surface area contributed by atoms with Gasteiger partial charge in [0.1, 0.15) is 5.75 Å². The lowest BCUT2D eigenvalue weighted by Crippen LogP contribution is -2.44. The molecular weight excluding hydrogens is 350 g/mol. The van der Waals surface area contributed by atoms with Crippen LogP contribution in [-0.2, 0) is 16.4 Å². The molecule has 24 heavy (non-hydrogen) atoms. The predicted octanol–water partition coefficient (Wildman–Crippen LogP) is 1.98. The molecule has 2 rings (SSSR count). The molecule has 1 fully saturated rings. The van der Waals surface area contributed by atoms with Crippen LogP contribution in [0.15, 0.2) is 23.2 Å². The number of nitrogens with zero attached hydrogens (tertiary/aromatic N) is 1. The first-order valence-corrected chi connectivity index (χ1v) is 10.3. The van der Waals surface area contributed by atoms with Gasteiger partial charge in [0.05, 0.1) is 24.7 Å². The van der Waals surface area contributed by atoms with E-state index < -0.39 is 9.84 Å². The molecule has 1 atom stereocenters. The summed E-state index contributed by atoms with van der Waals surface area (Å²) in [5, 5.41) is 6.96. The number of halogens is 1. The summed E-state index contributed by atoms with van der Waals surface area (Å²) in [5.74, 6) is 1.71. The highest BCUT2D eigenvalue weighted by molar-refractivity contribution is 7.91. The number of guanidine groups is 1. The van der Waals surface area contributed by atoms with Crippen LogP contribution >= 0.6 is 11.6 Å². The molecule has 0 aromatic heterocycles. The molecule has 6 nitrogen and oxygen atoms in total. The number of hydrogen-bond donors (Lipinski definition) is 2. The SMILES string of the molecule is CCNC(=NCc1ccc(Cl)cc1OCC)NC1CCS(=O)(=O)C1. The smallest absolute Gasteiger partial charge is 0.191 e. The molecular formula is C16H24ClN3O3S. The molecule has 0 radical (unpaired) electrons. The zero-order valence-corrected chi connectivity index (χ0v) is 15.6. The first kappa shape index (κ1) is 18.9. The van der Waals surface area contributed by atoms with Gasteiger partial charge < -0.3 is 15.4 Å². The van der Waals surface area contributed by atoms with Crippen LogP contribution in [0.1, 0.15) is 25.8 Å². The Labute approximate surface area is 148 Å². The van der Waals surface area contributed by atoms with Crippen molar-refractivity contribution in [3.8, 4) is 5.75 Å². The average molecular weight is 374 g/mol. The molecule has 8 heteroatoms. The summed E-state index contributed by atoms with van der Waals surface area (Å²) >= 11 is 6.01. The van der Waals surface area contributed by atoms with Gasteiger partial charge in [-0.2, -0.15) is 0 Å². The van der Waals surface area contributed by atoms with Gasteiger partial charge in [-0.25, -0.2) is 13.4 Å². The van der Waals surface area contributed by atoms with Crippen molar-refractivity contribution in [2.24, 2.45) is 4.99 Å². The average Bonchev–Trinajstić information content (AvgIpc) is 2.85. The molecule has 1 unspecified atom stereocenters. The number of ether oxygens (including phenoxy) is 1. The molecule has 1 heterocycles. The second-order valence-electron chi connectivity index (χ2n) is 5.62. The van der Waals surface area contributed by atoms with Crippen molar-refractivity contribution in [3.05, 3.63) is 28.8 Å². The Hall–Kier alpha value is -1.47. The highest BCUT2D eigenvalue weighted by Gasteiger charge is 2.28. The maximum Gasteiger partial charge on any atom is 0.191 e. The van der Waals surface area contributed by atoms with E-state index >= 15 is 0 Å². The van der Waals surface area contributed by atoms with E-state index in [9.17, 15) is 8.42 Å². The molecule has 0 saturated carbocycles. The van der Waals surface area contributed by atoms with E-state index in [2.05, 4.69) is 15.6 Å². The van der Waals surface area contributed by atoms with Crippen molar-refractivity contribution in [1.82, 2.24) is 10.6 Å². The first-order chi connectivity index (χ1) is 11.4. The number of aliphatic imine (C=N–C) groups is 1. The molecule has 1 aromatic carbocycles. The Morgan fingerprint density at radius 2 is 2.21 bits per heavy atom. The number of hydrogen-bond acceptors (Lipinski definition) is 4. The third kappa shape index (κ3) is 5.56. The third-order valence-electron chi connectivity index (χ3n) is 3.65. The molecule has 0 amide bonds. The summed E-state index contributed by atoms with van der Waals surface area (Å²) in [6, 6.07) is 5.38. The fourth-order valence-corrected chi connectivity index (χ4v) is 4.37.